The molecule has 3 aromatic rings. The van der Waals surface area contributed by atoms with Crippen LogP contribution in [-0.2, 0) is 22.7 Å². The zero-order valence-corrected chi connectivity index (χ0v) is 17.7. The topological polar surface area (TPSA) is 76.4 Å². The highest BCUT2D eigenvalue weighted by molar-refractivity contribution is 5.76. The van der Waals surface area contributed by atoms with E-state index in [9.17, 15) is 9.18 Å². The number of benzene rings is 1. The van der Waals surface area contributed by atoms with E-state index in [1.54, 1.807) is 49.3 Å². The Labute approximate surface area is 180 Å². The average Bonchev–Trinajstić information content (AvgIpc) is 3.19. The molecule has 31 heavy (non-hydrogen) atoms. The van der Waals surface area contributed by atoms with E-state index in [1.807, 2.05) is 11.0 Å². The molecule has 9 heteroatoms. The van der Waals surface area contributed by atoms with Crippen LogP contribution in [0.5, 0.6) is 0 Å². The molecule has 1 fully saturated rings. The van der Waals surface area contributed by atoms with E-state index in [2.05, 4.69) is 20.0 Å². The number of hydrogen-bond donors (Lipinski definition) is 0. The molecule has 0 saturated carbocycles. The number of carbonyl (C=O) groups excluding carboxylic acids is 1. The Balaban J connectivity index is 1.45. The summed E-state index contributed by atoms with van der Waals surface area (Å²) in [6.07, 6.45) is 3.43. The van der Waals surface area contributed by atoms with E-state index in [1.165, 1.54) is 6.07 Å². The third-order valence-electron chi connectivity index (χ3n) is 5.36. The van der Waals surface area contributed by atoms with Gasteiger partial charge in [-0.3, -0.25) is 9.48 Å². The van der Waals surface area contributed by atoms with Gasteiger partial charge in [0.05, 0.1) is 18.0 Å². The number of aryl methyl sites for hydroxylation is 1. The first kappa shape index (κ1) is 20.9. The van der Waals surface area contributed by atoms with Gasteiger partial charge in [0.1, 0.15) is 12.4 Å². The Kier molecular flexibility index (Phi) is 6.22. The van der Waals surface area contributed by atoms with Gasteiger partial charge < -0.3 is 14.5 Å². The van der Waals surface area contributed by atoms with Crippen molar-refractivity contribution in [2.24, 2.45) is 0 Å². The number of hydrogen-bond acceptors (Lipinski definition) is 6. The van der Waals surface area contributed by atoms with Crippen molar-refractivity contribution in [3.05, 3.63) is 59.8 Å². The van der Waals surface area contributed by atoms with Crippen LogP contribution in [0.25, 0.3) is 11.3 Å². The van der Waals surface area contributed by atoms with Crippen LogP contribution in [0.2, 0.25) is 0 Å². The number of amides is 1. The van der Waals surface area contributed by atoms with Crippen LogP contribution in [0.15, 0.2) is 42.7 Å². The Morgan fingerprint density at radius 3 is 2.55 bits per heavy atom. The van der Waals surface area contributed by atoms with Crippen LogP contribution in [0.1, 0.15) is 11.3 Å². The van der Waals surface area contributed by atoms with Crippen molar-refractivity contribution in [3.63, 3.8) is 0 Å². The maximum absolute atomic E-state index is 13.6. The molecular formula is C22H25FN6O2. The highest BCUT2D eigenvalue weighted by atomic mass is 19.1. The number of anilines is 1. The maximum atomic E-state index is 13.6. The third-order valence-corrected chi connectivity index (χ3v) is 5.36. The van der Waals surface area contributed by atoms with Gasteiger partial charge in [0, 0.05) is 51.2 Å². The van der Waals surface area contributed by atoms with Gasteiger partial charge in [0.15, 0.2) is 0 Å². The number of nitrogens with zero attached hydrogens (tertiary/aromatic N) is 6. The molecule has 2 aromatic heterocycles. The molecule has 3 heterocycles. The lowest BCUT2D eigenvalue weighted by Crippen LogP contribution is -2.50. The monoisotopic (exact) mass is 424 g/mol. The lowest BCUT2D eigenvalue weighted by Gasteiger charge is -2.34. The number of carbonyl (C=O) groups is 1. The number of aromatic nitrogens is 4. The fraction of sp³-hybridized carbons (Fsp3) is 0.364. The molecule has 1 saturated heterocycles. The van der Waals surface area contributed by atoms with Gasteiger partial charge in [-0.05, 0) is 42.8 Å². The zero-order valence-electron chi connectivity index (χ0n) is 17.7. The van der Waals surface area contributed by atoms with Crippen molar-refractivity contribution in [1.82, 2.24) is 24.6 Å². The molecule has 1 aliphatic rings. The van der Waals surface area contributed by atoms with Gasteiger partial charge >= 0.3 is 0 Å². The molecule has 0 radical (unpaired) electrons. The Hall–Kier alpha value is -3.33. The Bertz CT molecular complexity index is 1050. The van der Waals surface area contributed by atoms with Crippen molar-refractivity contribution in [2.75, 3.05) is 38.2 Å². The standard InChI is InChI=1S/C22H25FN6O2/c1-16-12-17(4-5-19(16)23)20-13-18(15-31-2)29(26-20)14-21(30)27-8-10-28(11-9-27)22-24-6-3-7-25-22/h3-7,12-13H,8-11,14-15H2,1-2H3. The Morgan fingerprint density at radius 1 is 1.13 bits per heavy atom. The molecule has 162 valence electrons. The van der Waals surface area contributed by atoms with Gasteiger partial charge in [-0.2, -0.15) is 5.10 Å². The van der Waals surface area contributed by atoms with Crippen molar-refractivity contribution >= 4 is 11.9 Å². The fourth-order valence-electron chi connectivity index (χ4n) is 3.64. The van der Waals surface area contributed by atoms with Gasteiger partial charge in [-0.15, -0.1) is 0 Å². The SMILES string of the molecule is COCc1cc(-c2ccc(F)c(C)c2)nn1CC(=O)N1CCN(c2ncccn2)CC1. The predicted octanol–water partition coefficient (Wildman–Crippen LogP) is 2.28. The van der Waals surface area contributed by atoms with Crippen LogP contribution < -0.4 is 4.90 Å². The quantitative estimate of drug-likeness (QED) is 0.604. The van der Waals surface area contributed by atoms with Crippen molar-refractivity contribution in [3.8, 4) is 11.3 Å². The molecule has 0 N–H and O–H groups in total. The smallest absolute Gasteiger partial charge is 0.244 e. The van der Waals surface area contributed by atoms with Crippen LogP contribution in [0, 0.1) is 12.7 Å². The molecule has 8 nitrogen and oxygen atoms in total. The molecule has 0 atom stereocenters. The highest BCUT2D eigenvalue weighted by Gasteiger charge is 2.23. The summed E-state index contributed by atoms with van der Waals surface area (Å²) >= 11 is 0. The third kappa shape index (κ3) is 4.72. The number of methoxy groups -OCH3 is 1. The second kappa shape index (κ2) is 9.22. The van der Waals surface area contributed by atoms with Gasteiger partial charge in [-0.1, -0.05) is 0 Å². The first-order valence-corrected chi connectivity index (χ1v) is 10.2. The lowest BCUT2D eigenvalue weighted by atomic mass is 10.1. The van der Waals surface area contributed by atoms with Crippen LogP contribution >= 0.6 is 0 Å². The van der Waals surface area contributed by atoms with Crippen molar-refractivity contribution < 1.29 is 13.9 Å². The molecule has 1 amide bonds. The van der Waals surface area contributed by atoms with Gasteiger partial charge in [-0.25, -0.2) is 14.4 Å². The molecule has 4 rings (SSSR count). The maximum Gasteiger partial charge on any atom is 0.244 e. The van der Waals surface area contributed by atoms with Gasteiger partial charge in [0.2, 0.25) is 11.9 Å². The first-order chi connectivity index (χ1) is 15.0. The predicted molar refractivity (Wildman–Crippen MR) is 114 cm³/mol. The summed E-state index contributed by atoms with van der Waals surface area (Å²) in [7, 11) is 1.60. The van der Waals surface area contributed by atoms with E-state index in [-0.39, 0.29) is 18.3 Å². The molecule has 0 unspecified atom stereocenters. The van der Waals surface area contributed by atoms with E-state index >= 15 is 0 Å². The molecule has 1 aliphatic heterocycles. The Morgan fingerprint density at radius 2 is 1.87 bits per heavy atom. The number of piperazine rings is 1. The molecule has 0 spiro atoms. The molecule has 1 aromatic carbocycles. The fourth-order valence-corrected chi connectivity index (χ4v) is 3.64. The molecular weight excluding hydrogens is 399 g/mol. The van der Waals surface area contributed by atoms with Crippen LogP contribution in [-0.4, -0.2) is 63.8 Å². The normalized spacial score (nSPS) is 14.2. The van der Waals surface area contributed by atoms with Crippen molar-refractivity contribution in [2.45, 2.75) is 20.1 Å². The summed E-state index contributed by atoms with van der Waals surface area (Å²) in [6, 6.07) is 8.55. The molecule has 0 bridgehead atoms. The summed E-state index contributed by atoms with van der Waals surface area (Å²) < 4.78 is 20.6. The van der Waals surface area contributed by atoms with E-state index in [0.29, 0.717) is 50.0 Å². The summed E-state index contributed by atoms with van der Waals surface area (Å²) in [6.45, 7) is 4.74. The minimum Gasteiger partial charge on any atom is -0.378 e. The summed E-state index contributed by atoms with van der Waals surface area (Å²) in [5.74, 6) is 0.426. The van der Waals surface area contributed by atoms with E-state index in [4.69, 9.17) is 4.74 Å². The number of rotatable bonds is 6. The zero-order chi connectivity index (χ0) is 21.8. The van der Waals surface area contributed by atoms with E-state index in [0.717, 1.165) is 11.3 Å². The summed E-state index contributed by atoms with van der Waals surface area (Å²) in [5, 5.41) is 4.60. The number of ether oxygens (including phenoxy) is 1. The van der Waals surface area contributed by atoms with Crippen LogP contribution in [0.3, 0.4) is 0 Å². The minimum absolute atomic E-state index is 0.00378. The van der Waals surface area contributed by atoms with E-state index < -0.39 is 0 Å². The highest BCUT2D eigenvalue weighted by Crippen LogP contribution is 2.22. The van der Waals surface area contributed by atoms with Crippen molar-refractivity contribution in [1.29, 1.82) is 0 Å². The average molecular weight is 424 g/mol. The second-order valence-electron chi connectivity index (χ2n) is 7.49. The summed E-state index contributed by atoms with van der Waals surface area (Å²) in [5.41, 5.74) is 2.84. The largest absolute Gasteiger partial charge is 0.378 e. The summed E-state index contributed by atoms with van der Waals surface area (Å²) in [4.78, 5) is 25.4. The molecule has 0 aliphatic carbocycles. The number of halogens is 1. The second-order valence-corrected chi connectivity index (χ2v) is 7.49. The minimum atomic E-state index is -0.254. The van der Waals surface area contributed by atoms with Crippen LogP contribution in [0.4, 0.5) is 10.3 Å². The first-order valence-electron chi connectivity index (χ1n) is 10.2. The van der Waals surface area contributed by atoms with Gasteiger partial charge in [0.25, 0.3) is 0 Å². The lowest BCUT2D eigenvalue weighted by molar-refractivity contribution is -0.132.